The number of hydrogen-bond donors (Lipinski definition) is 3. The molecule has 0 atom stereocenters. The molecular weight excluding hydrogens is 298 g/mol. The van der Waals surface area contributed by atoms with Gasteiger partial charge in [-0.2, -0.15) is 10.4 Å². The highest BCUT2D eigenvalue weighted by molar-refractivity contribution is 6.07. The van der Waals surface area contributed by atoms with Crippen LogP contribution in [0.1, 0.15) is 26.7 Å². The first-order valence-corrected chi connectivity index (χ1v) is 6.77. The maximum atomic E-state index is 12.0. The Morgan fingerprint density at radius 1 is 1.09 bits per heavy atom. The first-order chi connectivity index (χ1) is 10.9. The number of nitriles is 1. The zero-order valence-electron chi connectivity index (χ0n) is 12.8. The minimum absolute atomic E-state index is 0.0404. The maximum absolute atomic E-state index is 12.0. The first kappa shape index (κ1) is 17.8. The van der Waals surface area contributed by atoms with Gasteiger partial charge in [0.05, 0.1) is 23.9 Å². The summed E-state index contributed by atoms with van der Waals surface area (Å²) < 4.78 is 0. The van der Waals surface area contributed by atoms with Crippen LogP contribution in [0.2, 0.25) is 0 Å². The summed E-state index contributed by atoms with van der Waals surface area (Å²) in [6, 6.07) is 8.48. The summed E-state index contributed by atoms with van der Waals surface area (Å²) in [6.07, 6.45) is -0.339. The van der Waals surface area contributed by atoms with Crippen molar-refractivity contribution in [2.45, 2.75) is 26.7 Å². The van der Waals surface area contributed by atoms with Gasteiger partial charge in [-0.3, -0.25) is 14.4 Å². The Labute approximate surface area is 133 Å². The minimum atomic E-state index is -0.539. The SMILES string of the molecule is CC(=O)Nc1ccccc1NC(=O)C/C(C)=N/NC(=O)CC#N. The Kier molecular flexibility index (Phi) is 6.94. The van der Waals surface area contributed by atoms with E-state index in [4.69, 9.17) is 5.26 Å². The zero-order valence-corrected chi connectivity index (χ0v) is 12.8. The van der Waals surface area contributed by atoms with E-state index in [0.717, 1.165) is 0 Å². The Morgan fingerprint density at radius 3 is 2.26 bits per heavy atom. The predicted octanol–water partition coefficient (Wildman–Crippen LogP) is 1.38. The summed E-state index contributed by atoms with van der Waals surface area (Å²) in [6.45, 7) is 2.95. The number of carbonyl (C=O) groups is 3. The van der Waals surface area contributed by atoms with Gasteiger partial charge in [0.25, 0.3) is 5.91 Å². The number of anilines is 2. The van der Waals surface area contributed by atoms with Crippen molar-refractivity contribution < 1.29 is 14.4 Å². The number of carbonyl (C=O) groups excluding carboxylic acids is 3. The molecule has 0 saturated heterocycles. The van der Waals surface area contributed by atoms with Crippen molar-refractivity contribution in [2.75, 3.05) is 10.6 Å². The first-order valence-electron chi connectivity index (χ1n) is 6.77. The van der Waals surface area contributed by atoms with Crippen LogP contribution >= 0.6 is 0 Å². The Bertz CT molecular complexity index is 676. The number of para-hydroxylation sites is 2. The number of nitrogens with zero attached hydrogens (tertiary/aromatic N) is 2. The molecule has 0 radical (unpaired) electrons. The van der Waals surface area contributed by atoms with E-state index in [-0.39, 0.29) is 24.7 Å². The van der Waals surface area contributed by atoms with Crippen molar-refractivity contribution in [2.24, 2.45) is 5.10 Å². The van der Waals surface area contributed by atoms with E-state index in [9.17, 15) is 14.4 Å². The van der Waals surface area contributed by atoms with Gasteiger partial charge in [-0.05, 0) is 19.1 Å². The third kappa shape index (κ3) is 6.86. The molecule has 0 saturated carbocycles. The van der Waals surface area contributed by atoms with Crippen LogP contribution < -0.4 is 16.1 Å². The Hall–Kier alpha value is -3.21. The molecule has 1 rings (SSSR count). The molecule has 8 nitrogen and oxygen atoms in total. The van der Waals surface area contributed by atoms with E-state index in [1.807, 2.05) is 0 Å². The average molecular weight is 315 g/mol. The zero-order chi connectivity index (χ0) is 17.2. The van der Waals surface area contributed by atoms with Crippen molar-refractivity contribution in [1.29, 1.82) is 5.26 Å². The molecule has 0 fully saturated rings. The number of nitrogens with one attached hydrogen (secondary N) is 3. The molecule has 23 heavy (non-hydrogen) atoms. The molecule has 120 valence electrons. The Morgan fingerprint density at radius 2 is 1.70 bits per heavy atom. The molecule has 0 aromatic heterocycles. The van der Waals surface area contributed by atoms with Crippen LogP contribution in [-0.4, -0.2) is 23.4 Å². The van der Waals surface area contributed by atoms with Crippen LogP contribution in [0, 0.1) is 11.3 Å². The summed E-state index contributed by atoms with van der Waals surface area (Å²) in [5.74, 6) is -1.13. The summed E-state index contributed by atoms with van der Waals surface area (Å²) in [5, 5.41) is 17.4. The highest BCUT2D eigenvalue weighted by Crippen LogP contribution is 2.20. The van der Waals surface area contributed by atoms with E-state index in [1.54, 1.807) is 37.3 Å². The second kappa shape index (κ2) is 8.94. The third-order valence-electron chi connectivity index (χ3n) is 2.54. The van der Waals surface area contributed by atoms with Gasteiger partial charge in [0.1, 0.15) is 6.42 Å². The Balaban J connectivity index is 2.63. The second-order valence-electron chi connectivity index (χ2n) is 4.67. The summed E-state index contributed by atoms with van der Waals surface area (Å²) in [4.78, 5) is 34.2. The van der Waals surface area contributed by atoms with Crippen molar-refractivity contribution >= 4 is 34.8 Å². The smallest absolute Gasteiger partial charge is 0.254 e. The highest BCUT2D eigenvalue weighted by atomic mass is 16.2. The lowest BCUT2D eigenvalue weighted by Gasteiger charge is -2.11. The summed E-state index contributed by atoms with van der Waals surface area (Å²) in [5.41, 5.74) is 3.52. The van der Waals surface area contributed by atoms with E-state index < -0.39 is 5.91 Å². The lowest BCUT2D eigenvalue weighted by atomic mass is 10.2. The standard InChI is InChI=1S/C15H17N5O3/c1-10(19-20-14(22)7-8-16)9-15(23)18-13-6-4-3-5-12(13)17-11(2)21/h3-6H,7,9H2,1-2H3,(H,17,21)(H,18,23)(H,20,22)/b19-10+. The van der Waals surface area contributed by atoms with Gasteiger partial charge in [0.15, 0.2) is 0 Å². The van der Waals surface area contributed by atoms with Crippen LogP contribution in [0.4, 0.5) is 11.4 Å². The van der Waals surface area contributed by atoms with Gasteiger partial charge in [-0.15, -0.1) is 0 Å². The van der Waals surface area contributed by atoms with Gasteiger partial charge >= 0.3 is 0 Å². The molecule has 0 unspecified atom stereocenters. The monoisotopic (exact) mass is 315 g/mol. The maximum Gasteiger partial charge on any atom is 0.254 e. The van der Waals surface area contributed by atoms with E-state index >= 15 is 0 Å². The number of rotatable bonds is 6. The van der Waals surface area contributed by atoms with Gasteiger partial charge in [-0.1, -0.05) is 12.1 Å². The van der Waals surface area contributed by atoms with Gasteiger partial charge in [0.2, 0.25) is 11.8 Å². The van der Waals surface area contributed by atoms with Gasteiger partial charge in [-0.25, -0.2) is 5.43 Å². The van der Waals surface area contributed by atoms with Crippen LogP contribution in [0.5, 0.6) is 0 Å². The fraction of sp³-hybridized carbons (Fsp3) is 0.267. The van der Waals surface area contributed by atoms with Crippen LogP contribution in [0.3, 0.4) is 0 Å². The lowest BCUT2D eigenvalue weighted by Crippen LogP contribution is -2.21. The van der Waals surface area contributed by atoms with E-state index in [0.29, 0.717) is 17.1 Å². The average Bonchev–Trinajstić information content (AvgIpc) is 2.47. The molecule has 3 amide bonds. The topological polar surface area (TPSA) is 123 Å². The third-order valence-corrected chi connectivity index (χ3v) is 2.54. The quantitative estimate of drug-likeness (QED) is 0.542. The molecule has 0 spiro atoms. The molecule has 0 aliphatic rings. The van der Waals surface area contributed by atoms with Crippen molar-refractivity contribution in [3.8, 4) is 6.07 Å². The second-order valence-corrected chi connectivity index (χ2v) is 4.67. The molecule has 3 N–H and O–H groups in total. The number of amides is 3. The molecule has 0 aliphatic heterocycles. The van der Waals surface area contributed by atoms with Crippen LogP contribution in [0.25, 0.3) is 0 Å². The van der Waals surface area contributed by atoms with Crippen molar-refractivity contribution in [3.63, 3.8) is 0 Å². The highest BCUT2D eigenvalue weighted by Gasteiger charge is 2.09. The molecule has 1 aromatic carbocycles. The predicted molar refractivity (Wildman–Crippen MR) is 85.5 cm³/mol. The van der Waals surface area contributed by atoms with E-state index in [1.165, 1.54) is 6.92 Å². The fourth-order valence-corrected chi connectivity index (χ4v) is 1.63. The van der Waals surface area contributed by atoms with Crippen LogP contribution in [-0.2, 0) is 14.4 Å². The normalized spacial score (nSPS) is 10.4. The van der Waals surface area contributed by atoms with Crippen LogP contribution in [0.15, 0.2) is 29.4 Å². The lowest BCUT2D eigenvalue weighted by molar-refractivity contribution is -0.120. The number of hydrazone groups is 1. The molecular formula is C15H17N5O3. The largest absolute Gasteiger partial charge is 0.325 e. The molecule has 8 heteroatoms. The fourth-order valence-electron chi connectivity index (χ4n) is 1.63. The molecule has 0 aliphatic carbocycles. The van der Waals surface area contributed by atoms with Crippen molar-refractivity contribution in [1.82, 2.24) is 5.43 Å². The summed E-state index contributed by atoms with van der Waals surface area (Å²) in [7, 11) is 0. The van der Waals surface area contributed by atoms with Gasteiger partial charge < -0.3 is 10.6 Å². The van der Waals surface area contributed by atoms with E-state index in [2.05, 4.69) is 21.2 Å². The minimum Gasteiger partial charge on any atom is -0.325 e. The van der Waals surface area contributed by atoms with Gasteiger partial charge in [0, 0.05) is 12.6 Å². The van der Waals surface area contributed by atoms with Crippen molar-refractivity contribution in [3.05, 3.63) is 24.3 Å². The molecule has 0 bridgehead atoms. The number of hydrogen-bond acceptors (Lipinski definition) is 5. The summed E-state index contributed by atoms with van der Waals surface area (Å²) >= 11 is 0. The molecule has 0 heterocycles. The number of benzene rings is 1. The molecule has 1 aromatic rings.